The summed E-state index contributed by atoms with van der Waals surface area (Å²) in [4.78, 5) is 18.7. The number of benzene rings is 2. The third kappa shape index (κ3) is 5.26. The van der Waals surface area contributed by atoms with Gasteiger partial charge in [0.05, 0.1) is 12.1 Å². The van der Waals surface area contributed by atoms with Crippen molar-refractivity contribution in [2.24, 2.45) is 0 Å². The van der Waals surface area contributed by atoms with Gasteiger partial charge in [0.15, 0.2) is 0 Å². The van der Waals surface area contributed by atoms with Crippen LogP contribution >= 0.6 is 0 Å². The van der Waals surface area contributed by atoms with Crippen LogP contribution in [-0.4, -0.2) is 58.6 Å². The second-order valence-electron chi connectivity index (χ2n) is 9.66. The Bertz CT molecular complexity index is 1120. The summed E-state index contributed by atoms with van der Waals surface area (Å²) in [6.07, 6.45) is 4.90. The molecule has 8 nitrogen and oxygen atoms in total. The minimum atomic E-state index is -0.598. The third-order valence-corrected chi connectivity index (χ3v) is 7.31. The summed E-state index contributed by atoms with van der Waals surface area (Å²) in [5.74, 6) is 1.64. The van der Waals surface area contributed by atoms with Crippen LogP contribution in [-0.2, 0) is 0 Å². The Morgan fingerprint density at radius 3 is 1.94 bits per heavy atom. The van der Waals surface area contributed by atoms with Crippen LogP contribution in [0.2, 0.25) is 0 Å². The maximum atomic E-state index is 9.90. The van der Waals surface area contributed by atoms with E-state index in [0.717, 1.165) is 51.9 Å². The molecule has 8 heteroatoms. The molecule has 2 heterocycles. The van der Waals surface area contributed by atoms with Crippen LogP contribution in [0, 0.1) is 11.3 Å². The van der Waals surface area contributed by atoms with Crippen molar-refractivity contribution in [3.8, 4) is 6.07 Å². The molecule has 1 aliphatic carbocycles. The molecule has 2 N–H and O–H groups in total. The molecule has 186 valence electrons. The molecule has 0 bridgehead atoms. The number of anilines is 3. The summed E-state index contributed by atoms with van der Waals surface area (Å²) in [6.45, 7) is 3.40. The maximum Gasteiger partial charge on any atom is 0.232 e. The first kappa shape index (κ1) is 24.0. The van der Waals surface area contributed by atoms with E-state index in [0.29, 0.717) is 17.8 Å². The van der Waals surface area contributed by atoms with Crippen LogP contribution in [0.5, 0.6) is 0 Å². The first-order valence-electron chi connectivity index (χ1n) is 12.9. The van der Waals surface area contributed by atoms with E-state index >= 15 is 0 Å². The standard InChI is InChI=1S/C28H34N8/c1-30-25-31-26(34-28(21-29)15-9-4-10-16-28)33-27(32-25)36-19-17-35(18-20-36)24(22-11-5-2-6-12-22)23-13-7-3-8-14-23/h2-3,5-8,11-14,24H,4,9-10,15-20H2,1H3,(H2,30,31,32,33,34). The lowest BCUT2D eigenvalue weighted by atomic mass is 9.83. The first-order valence-corrected chi connectivity index (χ1v) is 12.9. The summed E-state index contributed by atoms with van der Waals surface area (Å²) in [6, 6.07) is 24.1. The predicted molar refractivity (Wildman–Crippen MR) is 143 cm³/mol. The van der Waals surface area contributed by atoms with Gasteiger partial charge in [-0.05, 0) is 24.0 Å². The molecule has 0 amide bonds. The van der Waals surface area contributed by atoms with E-state index in [1.807, 2.05) is 7.05 Å². The lowest BCUT2D eigenvalue weighted by Crippen LogP contribution is -2.48. The van der Waals surface area contributed by atoms with Gasteiger partial charge in [-0.2, -0.15) is 20.2 Å². The average Bonchev–Trinajstić information content (AvgIpc) is 2.95. The van der Waals surface area contributed by atoms with Crippen LogP contribution in [0.3, 0.4) is 0 Å². The van der Waals surface area contributed by atoms with E-state index < -0.39 is 5.54 Å². The van der Waals surface area contributed by atoms with Gasteiger partial charge in [0.2, 0.25) is 17.8 Å². The topological polar surface area (TPSA) is 93.0 Å². The van der Waals surface area contributed by atoms with Crippen molar-refractivity contribution in [1.29, 1.82) is 5.26 Å². The zero-order valence-electron chi connectivity index (χ0n) is 20.9. The molecule has 1 saturated heterocycles. The molecule has 1 aliphatic heterocycles. The second kappa shape index (κ2) is 10.9. The highest BCUT2D eigenvalue weighted by atomic mass is 15.4. The summed E-state index contributed by atoms with van der Waals surface area (Å²) in [7, 11) is 1.81. The van der Waals surface area contributed by atoms with Crippen molar-refractivity contribution in [1.82, 2.24) is 19.9 Å². The molecule has 2 aliphatic rings. The molecule has 3 aromatic rings. The Balaban J connectivity index is 1.34. The Labute approximate surface area is 213 Å². The molecule has 0 spiro atoms. The van der Waals surface area contributed by atoms with Crippen molar-refractivity contribution in [2.75, 3.05) is 48.8 Å². The molecule has 0 radical (unpaired) electrons. The molecule has 1 aromatic heterocycles. The first-order chi connectivity index (χ1) is 17.7. The number of hydrogen-bond donors (Lipinski definition) is 2. The van der Waals surface area contributed by atoms with Gasteiger partial charge in [0.1, 0.15) is 5.54 Å². The summed E-state index contributed by atoms with van der Waals surface area (Å²) in [5.41, 5.74) is 2.00. The second-order valence-corrected chi connectivity index (χ2v) is 9.66. The van der Waals surface area contributed by atoms with E-state index in [2.05, 4.69) is 97.1 Å². The highest BCUT2D eigenvalue weighted by Crippen LogP contribution is 2.32. The molecule has 1 saturated carbocycles. The van der Waals surface area contributed by atoms with Crippen molar-refractivity contribution in [2.45, 2.75) is 43.7 Å². The SMILES string of the molecule is CNc1nc(NC2(C#N)CCCCC2)nc(N2CCN(C(c3ccccc3)c3ccccc3)CC2)n1. The van der Waals surface area contributed by atoms with Gasteiger partial charge in [0.25, 0.3) is 0 Å². The van der Waals surface area contributed by atoms with E-state index in [1.54, 1.807) is 0 Å². The highest BCUT2D eigenvalue weighted by Gasteiger charge is 2.33. The van der Waals surface area contributed by atoms with E-state index in [4.69, 9.17) is 4.98 Å². The van der Waals surface area contributed by atoms with Crippen molar-refractivity contribution < 1.29 is 0 Å². The average molecular weight is 483 g/mol. The molecular formula is C28H34N8. The smallest absolute Gasteiger partial charge is 0.232 e. The van der Waals surface area contributed by atoms with E-state index in [-0.39, 0.29) is 6.04 Å². The number of nitrogens with zero attached hydrogens (tertiary/aromatic N) is 6. The summed E-state index contributed by atoms with van der Waals surface area (Å²) >= 11 is 0. The predicted octanol–water partition coefficient (Wildman–Crippen LogP) is 4.46. The third-order valence-electron chi connectivity index (χ3n) is 7.31. The molecular weight excluding hydrogens is 448 g/mol. The van der Waals surface area contributed by atoms with E-state index in [1.165, 1.54) is 17.5 Å². The minimum absolute atomic E-state index is 0.208. The van der Waals surface area contributed by atoms with Crippen LogP contribution in [0.25, 0.3) is 0 Å². The fraction of sp³-hybridized carbons (Fsp3) is 0.429. The number of hydrogen-bond acceptors (Lipinski definition) is 8. The largest absolute Gasteiger partial charge is 0.357 e. The van der Waals surface area contributed by atoms with Crippen LogP contribution < -0.4 is 15.5 Å². The van der Waals surface area contributed by atoms with Crippen molar-refractivity contribution >= 4 is 17.8 Å². The molecule has 0 unspecified atom stereocenters. The number of nitrogens with one attached hydrogen (secondary N) is 2. The van der Waals surface area contributed by atoms with Gasteiger partial charge in [-0.1, -0.05) is 79.9 Å². The number of aromatic nitrogens is 3. The molecule has 36 heavy (non-hydrogen) atoms. The van der Waals surface area contributed by atoms with Gasteiger partial charge >= 0.3 is 0 Å². The zero-order chi connectivity index (χ0) is 24.8. The van der Waals surface area contributed by atoms with E-state index in [9.17, 15) is 5.26 Å². The minimum Gasteiger partial charge on any atom is -0.357 e. The molecule has 5 rings (SSSR count). The number of rotatable bonds is 7. The Kier molecular flexibility index (Phi) is 7.28. The van der Waals surface area contributed by atoms with Crippen molar-refractivity contribution in [3.63, 3.8) is 0 Å². The fourth-order valence-corrected chi connectivity index (χ4v) is 5.37. The summed E-state index contributed by atoms with van der Waals surface area (Å²) in [5, 5.41) is 16.3. The Hall–Kier alpha value is -3.70. The highest BCUT2D eigenvalue weighted by molar-refractivity contribution is 5.46. The van der Waals surface area contributed by atoms with Crippen LogP contribution in [0.1, 0.15) is 49.3 Å². The number of piperazine rings is 1. The summed E-state index contributed by atoms with van der Waals surface area (Å²) < 4.78 is 0. The zero-order valence-corrected chi connectivity index (χ0v) is 20.9. The van der Waals surface area contributed by atoms with Gasteiger partial charge in [-0.25, -0.2) is 0 Å². The molecule has 2 aromatic carbocycles. The van der Waals surface area contributed by atoms with Gasteiger partial charge < -0.3 is 15.5 Å². The quantitative estimate of drug-likeness (QED) is 0.510. The normalized spacial score (nSPS) is 18.0. The monoisotopic (exact) mass is 482 g/mol. The van der Waals surface area contributed by atoms with Gasteiger partial charge in [-0.3, -0.25) is 4.90 Å². The molecule has 2 fully saturated rings. The lowest BCUT2D eigenvalue weighted by Gasteiger charge is -2.40. The Morgan fingerprint density at radius 1 is 0.806 bits per heavy atom. The number of nitriles is 1. The van der Waals surface area contributed by atoms with Gasteiger partial charge in [0, 0.05) is 33.2 Å². The fourth-order valence-electron chi connectivity index (χ4n) is 5.37. The lowest BCUT2D eigenvalue weighted by molar-refractivity contribution is 0.211. The van der Waals surface area contributed by atoms with Crippen LogP contribution in [0.15, 0.2) is 60.7 Å². The van der Waals surface area contributed by atoms with Crippen LogP contribution in [0.4, 0.5) is 17.8 Å². The van der Waals surface area contributed by atoms with Gasteiger partial charge in [-0.15, -0.1) is 0 Å². The Morgan fingerprint density at radius 2 is 1.39 bits per heavy atom. The molecule has 0 atom stereocenters. The maximum absolute atomic E-state index is 9.90. The van der Waals surface area contributed by atoms with Crippen molar-refractivity contribution in [3.05, 3.63) is 71.8 Å².